The number of carbonyl (C=O) groups is 1. The van der Waals surface area contributed by atoms with Crippen molar-refractivity contribution in [3.8, 4) is 0 Å². The molecular formula is C25H27FN6O5S. The number of piperazine rings is 1. The third-order valence-electron chi connectivity index (χ3n) is 7.47. The second kappa shape index (κ2) is 9.22. The topological polar surface area (TPSA) is 129 Å². The largest absolute Gasteiger partial charge is 0.477 e. The lowest BCUT2D eigenvalue weighted by atomic mass is 10.1. The summed E-state index contributed by atoms with van der Waals surface area (Å²) in [4.78, 5) is 39.3. The minimum absolute atomic E-state index is 0.0763. The molecule has 0 unspecified atom stereocenters. The molecule has 3 fully saturated rings. The molecule has 0 radical (unpaired) electrons. The highest BCUT2D eigenvalue weighted by Gasteiger charge is 2.29. The van der Waals surface area contributed by atoms with E-state index >= 15 is 4.39 Å². The van der Waals surface area contributed by atoms with E-state index in [1.54, 1.807) is 22.9 Å². The van der Waals surface area contributed by atoms with Crippen LogP contribution < -0.4 is 20.1 Å². The highest BCUT2D eigenvalue weighted by Crippen LogP contribution is 2.38. The van der Waals surface area contributed by atoms with Crippen LogP contribution in [-0.2, 0) is 9.84 Å². The van der Waals surface area contributed by atoms with E-state index in [-0.39, 0.29) is 28.5 Å². The summed E-state index contributed by atoms with van der Waals surface area (Å²) in [7, 11) is -2.99. The van der Waals surface area contributed by atoms with Gasteiger partial charge in [-0.25, -0.2) is 22.6 Å². The van der Waals surface area contributed by atoms with Crippen molar-refractivity contribution >= 4 is 44.2 Å². The number of carboxylic acids is 1. The molecule has 1 aromatic carbocycles. The Morgan fingerprint density at radius 2 is 1.68 bits per heavy atom. The van der Waals surface area contributed by atoms with Crippen molar-refractivity contribution < 1.29 is 22.7 Å². The average Bonchev–Trinajstić information content (AvgIpc) is 3.74. The molecular weight excluding hydrogens is 515 g/mol. The first kappa shape index (κ1) is 24.6. The molecule has 3 aromatic rings. The molecule has 3 aliphatic rings. The fourth-order valence-corrected chi connectivity index (χ4v) is 6.37. The number of fused-ring (bicyclic) bond motifs is 1. The molecule has 11 nitrogen and oxygen atoms in total. The molecule has 6 rings (SSSR count). The van der Waals surface area contributed by atoms with Gasteiger partial charge >= 0.3 is 5.97 Å². The van der Waals surface area contributed by atoms with Gasteiger partial charge in [0.2, 0.25) is 11.4 Å². The van der Waals surface area contributed by atoms with Crippen molar-refractivity contribution in [3.63, 3.8) is 0 Å². The lowest BCUT2D eigenvalue weighted by molar-refractivity contribution is 0.0694. The number of hydrogen-bond donors (Lipinski definition) is 1. The highest BCUT2D eigenvalue weighted by atomic mass is 32.2. The second-order valence-corrected chi connectivity index (χ2v) is 12.3. The maximum absolute atomic E-state index is 15.3. The van der Waals surface area contributed by atoms with Crippen molar-refractivity contribution in [2.45, 2.75) is 18.9 Å². The predicted molar refractivity (Wildman–Crippen MR) is 141 cm³/mol. The van der Waals surface area contributed by atoms with Gasteiger partial charge in [-0.1, -0.05) is 0 Å². The minimum atomic E-state index is -2.99. The maximum Gasteiger partial charge on any atom is 0.341 e. The minimum Gasteiger partial charge on any atom is -0.477 e. The van der Waals surface area contributed by atoms with Crippen LogP contribution in [0.15, 0.2) is 35.4 Å². The van der Waals surface area contributed by atoms with Gasteiger partial charge in [-0.05, 0) is 31.0 Å². The standard InChI is InChI=1S/C25H27FN6O5S/c26-19-13-17-20(32(16-1-2-16)15-18(23(17)33)24(34)35)14-21(19)29-5-7-31(8-6-29)25-27-4-3-22(28-25)30-9-11-38(36,37)12-10-30/h3-4,13-16H,1-2,5-12H2,(H,34,35). The Morgan fingerprint density at radius 3 is 2.34 bits per heavy atom. The van der Waals surface area contributed by atoms with E-state index in [1.807, 2.05) is 14.7 Å². The van der Waals surface area contributed by atoms with Crippen molar-refractivity contribution in [2.75, 3.05) is 65.5 Å². The molecule has 4 heterocycles. The van der Waals surface area contributed by atoms with E-state index < -0.39 is 27.1 Å². The predicted octanol–water partition coefficient (Wildman–Crippen LogP) is 1.53. The highest BCUT2D eigenvalue weighted by molar-refractivity contribution is 7.91. The summed E-state index contributed by atoms with van der Waals surface area (Å²) in [5.74, 6) is -0.442. The molecule has 0 spiro atoms. The Balaban J connectivity index is 1.22. The van der Waals surface area contributed by atoms with Crippen LogP contribution in [0.25, 0.3) is 10.9 Å². The van der Waals surface area contributed by atoms with E-state index in [1.165, 1.54) is 6.20 Å². The fourth-order valence-electron chi connectivity index (χ4n) is 5.16. The van der Waals surface area contributed by atoms with Gasteiger partial charge in [0.1, 0.15) is 17.2 Å². The monoisotopic (exact) mass is 542 g/mol. The number of anilines is 3. The number of nitrogens with zero attached hydrogens (tertiary/aromatic N) is 6. The molecule has 0 atom stereocenters. The first-order valence-corrected chi connectivity index (χ1v) is 14.4. The lowest BCUT2D eigenvalue weighted by Crippen LogP contribution is -2.47. The van der Waals surface area contributed by atoms with Crippen LogP contribution in [0.2, 0.25) is 0 Å². The van der Waals surface area contributed by atoms with E-state index in [2.05, 4.69) is 9.97 Å². The molecule has 1 saturated carbocycles. The Morgan fingerprint density at radius 1 is 1.00 bits per heavy atom. The number of sulfone groups is 1. The number of benzene rings is 1. The molecule has 0 bridgehead atoms. The van der Waals surface area contributed by atoms with Crippen LogP contribution in [0.3, 0.4) is 0 Å². The van der Waals surface area contributed by atoms with Gasteiger partial charge in [0.15, 0.2) is 9.84 Å². The quantitative estimate of drug-likeness (QED) is 0.507. The zero-order chi connectivity index (χ0) is 26.6. The van der Waals surface area contributed by atoms with E-state index in [4.69, 9.17) is 0 Å². The van der Waals surface area contributed by atoms with Gasteiger partial charge in [0, 0.05) is 63.1 Å². The first-order chi connectivity index (χ1) is 18.2. The summed E-state index contributed by atoms with van der Waals surface area (Å²) in [5, 5.41) is 9.53. The third-order valence-corrected chi connectivity index (χ3v) is 9.08. The smallest absolute Gasteiger partial charge is 0.341 e. The summed E-state index contributed by atoms with van der Waals surface area (Å²) >= 11 is 0. The van der Waals surface area contributed by atoms with Gasteiger partial charge in [-0.15, -0.1) is 0 Å². The van der Waals surface area contributed by atoms with Gasteiger partial charge in [0.05, 0.1) is 22.7 Å². The number of carboxylic acid groups (broad SMARTS) is 1. The van der Waals surface area contributed by atoms with Crippen LogP contribution in [0.1, 0.15) is 29.2 Å². The molecule has 0 amide bonds. The number of pyridine rings is 1. The number of halogens is 1. The number of hydrogen-bond acceptors (Lipinski definition) is 9. The SMILES string of the molecule is O=C(O)c1cn(C2CC2)c2cc(N3CCN(c4nccc(N5CCS(=O)(=O)CC5)n4)CC3)c(F)cc2c1=O. The summed E-state index contributed by atoms with van der Waals surface area (Å²) in [6.07, 6.45) is 4.81. The van der Waals surface area contributed by atoms with Crippen LogP contribution >= 0.6 is 0 Å². The molecule has 1 aliphatic carbocycles. The van der Waals surface area contributed by atoms with E-state index in [0.717, 1.165) is 18.9 Å². The summed E-state index contributed by atoms with van der Waals surface area (Å²) in [6, 6.07) is 4.71. The van der Waals surface area contributed by atoms with Crippen LogP contribution in [0.4, 0.5) is 21.8 Å². The lowest BCUT2D eigenvalue weighted by Gasteiger charge is -2.36. The summed E-state index contributed by atoms with van der Waals surface area (Å²) in [5.41, 5.74) is -0.110. The van der Waals surface area contributed by atoms with Gasteiger partial charge in [-0.2, -0.15) is 4.98 Å². The van der Waals surface area contributed by atoms with Crippen molar-refractivity contribution in [2.24, 2.45) is 0 Å². The summed E-state index contributed by atoms with van der Waals surface area (Å²) in [6.45, 7) is 2.88. The Hall–Kier alpha value is -3.74. The Labute approximate surface area is 218 Å². The first-order valence-electron chi connectivity index (χ1n) is 12.6. The zero-order valence-corrected chi connectivity index (χ0v) is 21.4. The number of rotatable bonds is 5. The van der Waals surface area contributed by atoms with Crippen LogP contribution in [0.5, 0.6) is 0 Å². The zero-order valence-electron chi connectivity index (χ0n) is 20.6. The van der Waals surface area contributed by atoms with E-state index in [0.29, 0.717) is 62.2 Å². The molecule has 13 heteroatoms. The van der Waals surface area contributed by atoms with Crippen molar-refractivity contribution in [3.05, 3.63) is 52.2 Å². The average molecular weight is 543 g/mol. The molecule has 200 valence electrons. The molecule has 2 aliphatic heterocycles. The van der Waals surface area contributed by atoms with Crippen molar-refractivity contribution in [1.82, 2.24) is 14.5 Å². The van der Waals surface area contributed by atoms with Crippen LogP contribution in [-0.4, -0.2) is 84.8 Å². The van der Waals surface area contributed by atoms with Crippen LogP contribution in [0, 0.1) is 5.82 Å². The molecule has 2 aromatic heterocycles. The third kappa shape index (κ3) is 4.55. The molecule has 38 heavy (non-hydrogen) atoms. The second-order valence-electron chi connectivity index (χ2n) is 9.96. The van der Waals surface area contributed by atoms with Gasteiger partial charge in [-0.3, -0.25) is 4.79 Å². The van der Waals surface area contributed by atoms with Gasteiger partial charge < -0.3 is 24.4 Å². The summed E-state index contributed by atoms with van der Waals surface area (Å²) < 4.78 is 40.6. The van der Waals surface area contributed by atoms with E-state index in [9.17, 15) is 23.1 Å². The Kier molecular flexibility index (Phi) is 5.97. The van der Waals surface area contributed by atoms with Gasteiger partial charge in [0.25, 0.3) is 0 Å². The normalized spacial score (nSPS) is 19.7. The van der Waals surface area contributed by atoms with Crippen molar-refractivity contribution in [1.29, 1.82) is 0 Å². The number of aromatic nitrogens is 3. The molecule has 1 N–H and O–H groups in total. The molecule has 2 saturated heterocycles. The fraction of sp³-hybridized carbons (Fsp3) is 0.440. The number of aromatic carboxylic acids is 1. The Bertz CT molecular complexity index is 1580. The maximum atomic E-state index is 15.3.